The van der Waals surface area contributed by atoms with E-state index in [0.717, 1.165) is 0 Å². The van der Waals surface area contributed by atoms with Crippen LogP contribution in [0.1, 0.15) is 12.8 Å². The lowest BCUT2D eigenvalue weighted by Gasteiger charge is -2.30. The topological polar surface area (TPSA) is 90.5 Å². The summed E-state index contributed by atoms with van der Waals surface area (Å²) in [5.41, 5.74) is 0. The Hall–Kier alpha value is -1.84. The first-order valence-corrected chi connectivity index (χ1v) is 6.79. The van der Waals surface area contributed by atoms with Gasteiger partial charge >= 0.3 is 12.2 Å². The molecule has 0 unspecified atom stereocenters. The smallest absolute Gasteiger partial charge is 0.347 e. The van der Waals surface area contributed by atoms with Crippen LogP contribution in [0.2, 0.25) is 0 Å². The molecule has 1 aliphatic heterocycles. The first kappa shape index (κ1) is 18.2. The van der Waals surface area contributed by atoms with Gasteiger partial charge in [0.05, 0.1) is 6.54 Å². The Morgan fingerprint density at radius 2 is 1.77 bits per heavy atom. The number of likely N-dealkylation sites (tertiary alicyclic amines) is 1. The van der Waals surface area contributed by atoms with Crippen LogP contribution < -0.4 is 16.0 Å². The number of halogens is 3. The second-order valence-electron chi connectivity index (χ2n) is 5.01. The highest BCUT2D eigenvalue weighted by molar-refractivity contribution is 5.95. The molecule has 1 fully saturated rings. The van der Waals surface area contributed by atoms with Crippen LogP contribution in [-0.2, 0) is 9.59 Å². The molecule has 126 valence electrons. The number of urea groups is 1. The minimum Gasteiger partial charge on any atom is -0.347 e. The zero-order valence-electron chi connectivity index (χ0n) is 12.1. The SMILES string of the molecule is CNC(=O)NC(=O)CN1CCC(C(=O)NCC(F)(F)F)CC1. The Balaban J connectivity index is 2.29. The zero-order chi connectivity index (χ0) is 16.8. The fourth-order valence-electron chi connectivity index (χ4n) is 2.12. The maximum atomic E-state index is 12.0. The number of hydrogen-bond donors (Lipinski definition) is 3. The van der Waals surface area contributed by atoms with Gasteiger partial charge in [0, 0.05) is 13.0 Å². The van der Waals surface area contributed by atoms with Gasteiger partial charge in [-0.3, -0.25) is 19.8 Å². The molecule has 3 N–H and O–H groups in total. The van der Waals surface area contributed by atoms with Gasteiger partial charge in [0.1, 0.15) is 6.54 Å². The molecule has 22 heavy (non-hydrogen) atoms. The van der Waals surface area contributed by atoms with Crippen LogP contribution in [0, 0.1) is 5.92 Å². The molecule has 0 aliphatic carbocycles. The van der Waals surface area contributed by atoms with Crippen molar-refractivity contribution in [3.05, 3.63) is 0 Å². The molecule has 0 aromatic carbocycles. The molecule has 4 amide bonds. The Labute approximate surface area is 125 Å². The number of amides is 4. The molecule has 1 saturated heterocycles. The minimum absolute atomic E-state index is 0.00428. The number of nitrogens with zero attached hydrogens (tertiary/aromatic N) is 1. The number of carbonyl (C=O) groups is 3. The summed E-state index contributed by atoms with van der Waals surface area (Å²) in [5.74, 6) is -1.58. The predicted octanol–water partition coefficient (Wildman–Crippen LogP) is -0.167. The molecule has 0 aromatic heterocycles. The molecule has 1 heterocycles. The molecule has 7 nitrogen and oxygen atoms in total. The van der Waals surface area contributed by atoms with Crippen molar-refractivity contribution in [2.75, 3.05) is 33.2 Å². The molecule has 0 bridgehead atoms. The van der Waals surface area contributed by atoms with Crippen molar-refractivity contribution in [2.45, 2.75) is 19.0 Å². The summed E-state index contributed by atoms with van der Waals surface area (Å²) in [4.78, 5) is 35.8. The standard InChI is InChI=1S/C12H19F3N4O3/c1-16-11(22)18-9(20)6-19-4-2-8(3-5-19)10(21)17-7-12(13,14)15/h8H,2-7H2,1H3,(H,17,21)(H2,16,18,20,22). The van der Waals surface area contributed by atoms with E-state index < -0.39 is 36.5 Å². The third kappa shape index (κ3) is 6.74. The lowest BCUT2D eigenvalue weighted by molar-refractivity contribution is -0.141. The average Bonchev–Trinajstić information content (AvgIpc) is 2.44. The van der Waals surface area contributed by atoms with E-state index in [-0.39, 0.29) is 6.54 Å². The van der Waals surface area contributed by atoms with Crippen LogP contribution in [0.3, 0.4) is 0 Å². The molecule has 1 aliphatic rings. The number of imide groups is 1. The van der Waals surface area contributed by atoms with E-state index in [9.17, 15) is 27.6 Å². The normalized spacial score (nSPS) is 16.9. The molecule has 0 spiro atoms. The van der Waals surface area contributed by atoms with Crippen LogP contribution in [0.4, 0.5) is 18.0 Å². The fraction of sp³-hybridized carbons (Fsp3) is 0.750. The third-order valence-corrected chi connectivity index (χ3v) is 3.27. The maximum absolute atomic E-state index is 12.0. The summed E-state index contributed by atoms with van der Waals surface area (Å²) >= 11 is 0. The van der Waals surface area contributed by atoms with Crippen molar-refractivity contribution in [3.63, 3.8) is 0 Å². The van der Waals surface area contributed by atoms with E-state index in [1.807, 2.05) is 5.32 Å². The predicted molar refractivity (Wildman–Crippen MR) is 70.8 cm³/mol. The number of nitrogens with one attached hydrogen (secondary N) is 3. The van der Waals surface area contributed by atoms with Crippen molar-refractivity contribution >= 4 is 17.8 Å². The molecule has 0 aromatic rings. The number of alkyl halides is 3. The fourth-order valence-corrected chi connectivity index (χ4v) is 2.12. The van der Waals surface area contributed by atoms with Crippen LogP contribution in [0.15, 0.2) is 0 Å². The van der Waals surface area contributed by atoms with Gasteiger partial charge in [-0.2, -0.15) is 13.2 Å². The van der Waals surface area contributed by atoms with Crippen molar-refractivity contribution in [1.29, 1.82) is 0 Å². The minimum atomic E-state index is -4.42. The molecule has 10 heteroatoms. The van der Waals surface area contributed by atoms with Gasteiger partial charge in [-0.05, 0) is 25.9 Å². The molecular weight excluding hydrogens is 305 g/mol. The summed E-state index contributed by atoms with van der Waals surface area (Å²) in [6, 6.07) is -0.605. The molecule has 0 atom stereocenters. The number of piperidine rings is 1. The van der Waals surface area contributed by atoms with Gasteiger partial charge in [-0.1, -0.05) is 0 Å². The highest BCUT2D eigenvalue weighted by atomic mass is 19.4. The molecule has 0 radical (unpaired) electrons. The molecule has 1 rings (SSSR count). The van der Waals surface area contributed by atoms with Gasteiger partial charge in [0.15, 0.2) is 0 Å². The lowest BCUT2D eigenvalue weighted by atomic mass is 9.96. The second-order valence-corrected chi connectivity index (χ2v) is 5.01. The quantitative estimate of drug-likeness (QED) is 0.670. The van der Waals surface area contributed by atoms with E-state index in [4.69, 9.17) is 0 Å². The summed E-state index contributed by atoms with van der Waals surface area (Å²) in [6.07, 6.45) is -3.68. The van der Waals surface area contributed by atoms with Crippen molar-refractivity contribution in [1.82, 2.24) is 20.9 Å². The van der Waals surface area contributed by atoms with Crippen LogP contribution in [0.5, 0.6) is 0 Å². The molecule has 0 saturated carbocycles. The van der Waals surface area contributed by atoms with Gasteiger partial charge in [0.2, 0.25) is 11.8 Å². The summed E-state index contributed by atoms with van der Waals surface area (Å²) < 4.78 is 36.1. The Morgan fingerprint density at radius 3 is 2.27 bits per heavy atom. The van der Waals surface area contributed by atoms with Gasteiger partial charge in [-0.25, -0.2) is 4.79 Å². The highest BCUT2D eigenvalue weighted by Crippen LogP contribution is 2.18. The van der Waals surface area contributed by atoms with Gasteiger partial charge < -0.3 is 10.6 Å². The Kier molecular flexibility index (Phi) is 6.60. The number of carbonyl (C=O) groups excluding carboxylic acids is 3. The third-order valence-electron chi connectivity index (χ3n) is 3.27. The van der Waals surface area contributed by atoms with Crippen LogP contribution in [-0.4, -0.2) is 62.1 Å². The van der Waals surface area contributed by atoms with E-state index in [0.29, 0.717) is 25.9 Å². The highest BCUT2D eigenvalue weighted by Gasteiger charge is 2.31. The summed E-state index contributed by atoms with van der Waals surface area (Å²) in [5, 5.41) is 6.23. The summed E-state index contributed by atoms with van der Waals surface area (Å²) in [7, 11) is 1.38. The van der Waals surface area contributed by atoms with E-state index in [1.165, 1.54) is 7.05 Å². The van der Waals surface area contributed by atoms with Crippen LogP contribution in [0.25, 0.3) is 0 Å². The second kappa shape index (κ2) is 7.97. The monoisotopic (exact) mass is 324 g/mol. The van der Waals surface area contributed by atoms with Crippen molar-refractivity contribution in [3.8, 4) is 0 Å². The summed E-state index contributed by atoms with van der Waals surface area (Å²) in [6.45, 7) is -0.512. The largest absolute Gasteiger partial charge is 0.405 e. The van der Waals surface area contributed by atoms with E-state index >= 15 is 0 Å². The van der Waals surface area contributed by atoms with E-state index in [2.05, 4.69) is 10.6 Å². The first-order chi connectivity index (χ1) is 10.2. The Bertz CT molecular complexity index is 420. The van der Waals surface area contributed by atoms with Crippen LogP contribution >= 0.6 is 0 Å². The van der Waals surface area contributed by atoms with Gasteiger partial charge in [0.25, 0.3) is 0 Å². The van der Waals surface area contributed by atoms with Crippen molar-refractivity contribution < 1.29 is 27.6 Å². The molecular formula is C12H19F3N4O3. The zero-order valence-corrected chi connectivity index (χ0v) is 12.1. The number of rotatable bonds is 4. The van der Waals surface area contributed by atoms with Gasteiger partial charge in [-0.15, -0.1) is 0 Å². The lowest BCUT2D eigenvalue weighted by Crippen LogP contribution is -2.47. The van der Waals surface area contributed by atoms with E-state index in [1.54, 1.807) is 4.90 Å². The Morgan fingerprint density at radius 1 is 1.18 bits per heavy atom. The number of hydrogen-bond acceptors (Lipinski definition) is 4. The maximum Gasteiger partial charge on any atom is 0.405 e. The first-order valence-electron chi connectivity index (χ1n) is 6.79. The average molecular weight is 324 g/mol. The van der Waals surface area contributed by atoms with Crippen molar-refractivity contribution in [2.24, 2.45) is 5.92 Å².